The van der Waals surface area contributed by atoms with E-state index in [-0.39, 0.29) is 23.5 Å². The molecule has 2 aliphatic carbocycles. The summed E-state index contributed by atoms with van der Waals surface area (Å²) in [5, 5.41) is 0. The van der Waals surface area contributed by atoms with Crippen molar-refractivity contribution < 1.29 is 14.3 Å². The Hall–Kier alpha value is -2.37. The van der Waals surface area contributed by atoms with Crippen LogP contribution < -0.4 is 9.47 Å². The SMILES string of the molecule is CC12CCC(C(=O)N3CCCC3)(c3nc4cc5c(cc4nc31)OCO5)C2(C)C. The van der Waals surface area contributed by atoms with Crippen LogP contribution in [0.1, 0.15) is 57.8 Å². The summed E-state index contributed by atoms with van der Waals surface area (Å²) in [4.78, 5) is 26.1. The molecule has 1 aromatic heterocycles. The topological polar surface area (TPSA) is 64.6 Å². The normalized spacial score (nSPS) is 31.6. The minimum absolute atomic E-state index is 0.157. The van der Waals surface area contributed by atoms with E-state index in [1.807, 2.05) is 12.1 Å². The summed E-state index contributed by atoms with van der Waals surface area (Å²) >= 11 is 0. The second-order valence-corrected chi connectivity index (χ2v) is 9.48. The van der Waals surface area contributed by atoms with Gasteiger partial charge in [0.1, 0.15) is 0 Å². The highest BCUT2D eigenvalue weighted by atomic mass is 16.7. The van der Waals surface area contributed by atoms with E-state index >= 15 is 0 Å². The Morgan fingerprint density at radius 3 is 2.21 bits per heavy atom. The number of aromatic nitrogens is 2. The predicted octanol–water partition coefficient (Wildman–Crippen LogP) is 3.31. The van der Waals surface area contributed by atoms with E-state index in [9.17, 15) is 4.79 Å². The Labute approximate surface area is 164 Å². The fraction of sp³-hybridized carbons (Fsp3) is 0.591. The van der Waals surface area contributed by atoms with Gasteiger partial charge in [-0.25, -0.2) is 9.97 Å². The third kappa shape index (κ3) is 1.65. The van der Waals surface area contributed by atoms with Crippen LogP contribution in [0.25, 0.3) is 11.0 Å². The van der Waals surface area contributed by atoms with Crippen molar-refractivity contribution in [2.24, 2.45) is 5.41 Å². The second kappa shape index (κ2) is 4.97. The molecule has 1 aromatic carbocycles. The van der Waals surface area contributed by atoms with Crippen molar-refractivity contribution in [3.8, 4) is 11.5 Å². The molecule has 2 unspecified atom stereocenters. The molecule has 6 rings (SSSR count). The summed E-state index contributed by atoms with van der Waals surface area (Å²) in [5.74, 6) is 1.68. The zero-order chi connectivity index (χ0) is 19.3. The average molecular weight is 379 g/mol. The molecule has 1 saturated heterocycles. The molecule has 4 aliphatic rings. The Balaban J connectivity index is 1.61. The van der Waals surface area contributed by atoms with E-state index in [1.54, 1.807) is 0 Å². The second-order valence-electron chi connectivity index (χ2n) is 9.48. The predicted molar refractivity (Wildman–Crippen MR) is 104 cm³/mol. The lowest BCUT2D eigenvalue weighted by Gasteiger charge is -2.41. The highest BCUT2D eigenvalue weighted by Gasteiger charge is 2.73. The molecule has 6 nitrogen and oxygen atoms in total. The monoisotopic (exact) mass is 379 g/mol. The van der Waals surface area contributed by atoms with Crippen LogP contribution in [0.2, 0.25) is 0 Å². The highest BCUT2D eigenvalue weighted by molar-refractivity contribution is 5.93. The summed E-state index contributed by atoms with van der Waals surface area (Å²) in [6, 6.07) is 3.82. The first-order chi connectivity index (χ1) is 13.4. The fourth-order valence-corrected chi connectivity index (χ4v) is 6.16. The van der Waals surface area contributed by atoms with Gasteiger partial charge in [-0.1, -0.05) is 20.8 Å². The number of carbonyl (C=O) groups is 1. The van der Waals surface area contributed by atoms with Gasteiger partial charge in [0.05, 0.1) is 27.8 Å². The van der Waals surface area contributed by atoms with Crippen molar-refractivity contribution in [1.29, 1.82) is 0 Å². The van der Waals surface area contributed by atoms with Gasteiger partial charge in [-0.2, -0.15) is 0 Å². The van der Waals surface area contributed by atoms with Crippen LogP contribution in [-0.4, -0.2) is 40.7 Å². The van der Waals surface area contributed by atoms with Crippen molar-refractivity contribution in [2.45, 2.75) is 57.3 Å². The van der Waals surface area contributed by atoms with Gasteiger partial charge in [0.2, 0.25) is 12.7 Å². The van der Waals surface area contributed by atoms with Gasteiger partial charge < -0.3 is 14.4 Å². The molecule has 2 atom stereocenters. The Morgan fingerprint density at radius 2 is 1.57 bits per heavy atom. The van der Waals surface area contributed by atoms with E-state index in [1.165, 1.54) is 0 Å². The molecule has 6 heteroatoms. The lowest BCUT2D eigenvalue weighted by molar-refractivity contribution is -0.140. The Morgan fingerprint density at radius 1 is 0.964 bits per heavy atom. The molecular formula is C22H25N3O3. The van der Waals surface area contributed by atoms with Gasteiger partial charge in [0.25, 0.3) is 0 Å². The number of fused-ring (bicyclic) bond motifs is 7. The van der Waals surface area contributed by atoms with Gasteiger partial charge >= 0.3 is 0 Å². The summed E-state index contributed by atoms with van der Waals surface area (Å²) < 4.78 is 11.1. The molecule has 28 heavy (non-hydrogen) atoms. The van der Waals surface area contributed by atoms with Gasteiger partial charge in [0, 0.05) is 30.6 Å². The summed E-state index contributed by atoms with van der Waals surface area (Å²) in [6.45, 7) is 8.71. The molecule has 1 saturated carbocycles. The number of rotatable bonds is 1. The van der Waals surface area contributed by atoms with Crippen LogP contribution in [0.5, 0.6) is 11.5 Å². The molecule has 1 amide bonds. The number of likely N-dealkylation sites (tertiary alicyclic amines) is 1. The number of benzene rings is 1. The Bertz CT molecular complexity index is 1040. The van der Waals surface area contributed by atoms with E-state index < -0.39 is 5.41 Å². The molecule has 3 heterocycles. The largest absolute Gasteiger partial charge is 0.454 e. The summed E-state index contributed by atoms with van der Waals surface area (Å²) in [5.41, 5.74) is 2.53. The lowest BCUT2D eigenvalue weighted by atomic mass is 9.63. The maximum Gasteiger partial charge on any atom is 0.235 e. The standard InChI is InChI=1S/C22H25N3O3/c1-20(2)21(3)6-7-22(20,19(26)25-8-4-5-9-25)18-17(21)23-13-10-15-16(28-12-27-15)11-14(13)24-18/h10-11H,4-9,12H2,1-3H3. The molecule has 2 fully saturated rings. The van der Waals surface area contributed by atoms with Crippen LogP contribution in [0.15, 0.2) is 12.1 Å². The zero-order valence-corrected chi connectivity index (χ0v) is 16.7. The highest BCUT2D eigenvalue weighted by Crippen LogP contribution is 2.70. The molecule has 0 N–H and O–H groups in total. The first-order valence-corrected chi connectivity index (χ1v) is 10.3. The zero-order valence-electron chi connectivity index (χ0n) is 16.7. The molecule has 2 aliphatic heterocycles. The third-order valence-corrected chi connectivity index (χ3v) is 8.29. The fourth-order valence-electron chi connectivity index (χ4n) is 6.16. The minimum atomic E-state index is -0.584. The molecular weight excluding hydrogens is 354 g/mol. The lowest BCUT2D eigenvalue weighted by Crippen LogP contribution is -2.52. The van der Waals surface area contributed by atoms with Gasteiger partial charge in [0.15, 0.2) is 11.5 Å². The van der Waals surface area contributed by atoms with E-state index in [2.05, 4.69) is 25.7 Å². The smallest absolute Gasteiger partial charge is 0.235 e. The maximum atomic E-state index is 13.9. The average Bonchev–Trinajstić information content (AvgIpc) is 3.41. The number of amides is 1. The summed E-state index contributed by atoms with van der Waals surface area (Å²) in [6.07, 6.45) is 4.01. The maximum absolute atomic E-state index is 13.9. The van der Waals surface area contributed by atoms with Crippen molar-refractivity contribution in [1.82, 2.24) is 14.9 Å². The first-order valence-electron chi connectivity index (χ1n) is 10.3. The van der Waals surface area contributed by atoms with Gasteiger partial charge in [-0.05, 0) is 31.1 Å². The van der Waals surface area contributed by atoms with Gasteiger partial charge in [-0.3, -0.25) is 4.79 Å². The van der Waals surface area contributed by atoms with Crippen LogP contribution in [0, 0.1) is 5.41 Å². The van der Waals surface area contributed by atoms with Gasteiger partial charge in [-0.15, -0.1) is 0 Å². The molecule has 2 aromatic rings. The van der Waals surface area contributed by atoms with Crippen LogP contribution >= 0.6 is 0 Å². The van der Waals surface area contributed by atoms with Crippen LogP contribution in [-0.2, 0) is 15.6 Å². The summed E-state index contributed by atoms with van der Waals surface area (Å²) in [7, 11) is 0. The van der Waals surface area contributed by atoms with E-state index in [0.29, 0.717) is 5.75 Å². The molecule has 0 spiro atoms. The number of carbonyl (C=O) groups excluding carboxylic acids is 1. The number of ether oxygens (including phenoxy) is 2. The van der Waals surface area contributed by atoms with Crippen LogP contribution in [0.3, 0.4) is 0 Å². The van der Waals surface area contributed by atoms with E-state index in [4.69, 9.17) is 19.4 Å². The number of hydrogen-bond acceptors (Lipinski definition) is 5. The van der Waals surface area contributed by atoms with Crippen molar-refractivity contribution in [3.63, 3.8) is 0 Å². The minimum Gasteiger partial charge on any atom is -0.454 e. The van der Waals surface area contributed by atoms with Crippen molar-refractivity contribution >= 4 is 16.9 Å². The first kappa shape index (κ1) is 16.6. The Kier molecular flexibility index (Phi) is 2.94. The van der Waals surface area contributed by atoms with Crippen molar-refractivity contribution in [2.75, 3.05) is 19.9 Å². The quantitative estimate of drug-likeness (QED) is 0.761. The van der Waals surface area contributed by atoms with Crippen molar-refractivity contribution in [3.05, 3.63) is 23.5 Å². The number of nitrogens with zero attached hydrogens (tertiary/aromatic N) is 3. The molecule has 2 bridgehead atoms. The number of hydrogen-bond donors (Lipinski definition) is 0. The van der Waals surface area contributed by atoms with Crippen LogP contribution in [0.4, 0.5) is 0 Å². The third-order valence-electron chi connectivity index (χ3n) is 8.29. The molecule has 146 valence electrons. The molecule has 0 radical (unpaired) electrons. The van der Waals surface area contributed by atoms with E-state index in [0.717, 1.165) is 66.9 Å².